The highest BCUT2D eigenvalue weighted by Gasteiger charge is 2.37. The van der Waals surface area contributed by atoms with E-state index in [1.54, 1.807) is 17.0 Å². The lowest BCUT2D eigenvalue weighted by Crippen LogP contribution is -2.50. The van der Waals surface area contributed by atoms with Gasteiger partial charge in [-0.2, -0.15) is 0 Å². The first-order valence-corrected chi connectivity index (χ1v) is 7.06. The molecule has 4 nitrogen and oxygen atoms in total. The van der Waals surface area contributed by atoms with Crippen molar-refractivity contribution in [1.29, 1.82) is 0 Å². The Hall–Kier alpha value is -1.46. The Labute approximate surface area is 117 Å². The van der Waals surface area contributed by atoms with Crippen LogP contribution in [0.4, 0.5) is 4.39 Å². The van der Waals surface area contributed by atoms with Gasteiger partial charge >= 0.3 is 0 Å². The molecule has 1 amide bonds. The van der Waals surface area contributed by atoms with Crippen molar-refractivity contribution in [1.82, 2.24) is 4.90 Å². The molecule has 2 heterocycles. The Morgan fingerprint density at radius 1 is 1.20 bits per heavy atom. The van der Waals surface area contributed by atoms with E-state index in [1.165, 1.54) is 12.1 Å². The van der Waals surface area contributed by atoms with Gasteiger partial charge in [0.2, 0.25) is 0 Å². The van der Waals surface area contributed by atoms with Crippen molar-refractivity contribution in [3.63, 3.8) is 0 Å². The van der Waals surface area contributed by atoms with Crippen LogP contribution in [-0.4, -0.2) is 42.9 Å². The lowest BCUT2D eigenvalue weighted by molar-refractivity contribution is -0.100. The summed E-state index contributed by atoms with van der Waals surface area (Å²) in [5.41, 5.74) is 0.123. The number of halogens is 1. The lowest BCUT2D eigenvalue weighted by Gasteiger charge is -2.38. The molecule has 108 valence electrons. The number of benzene rings is 1. The summed E-state index contributed by atoms with van der Waals surface area (Å²) in [6.45, 7) is 1.74. The standard InChI is InChI=1S/C15H18FNO3/c16-12-6-2-1-5-11(12)14(18)17-8-4-3-7-13(17)15-19-9-10-20-15/h1-2,5-6,13,15H,3-4,7-10H2/t13-/m1/s1. The van der Waals surface area contributed by atoms with E-state index in [-0.39, 0.29) is 23.8 Å². The van der Waals surface area contributed by atoms with E-state index >= 15 is 0 Å². The van der Waals surface area contributed by atoms with Gasteiger partial charge in [0.25, 0.3) is 5.91 Å². The molecule has 0 aliphatic carbocycles. The van der Waals surface area contributed by atoms with Gasteiger partial charge in [-0.15, -0.1) is 0 Å². The molecular weight excluding hydrogens is 261 g/mol. The third kappa shape index (κ3) is 2.55. The van der Waals surface area contributed by atoms with Crippen LogP contribution in [0, 0.1) is 5.82 Å². The molecule has 20 heavy (non-hydrogen) atoms. The van der Waals surface area contributed by atoms with E-state index in [9.17, 15) is 9.18 Å². The minimum Gasteiger partial charge on any atom is -0.348 e. The van der Waals surface area contributed by atoms with Crippen molar-refractivity contribution in [3.05, 3.63) is 35.6 Å². The number of nitrogens with zero attached hydrogens (tertiary/aromatic N) is 1. The molecule has 1 atom stereocenters. The number of likely N-dealkylation sites (tertiary alicyclic amines) is 1. The Balaban J connectivity index is 1.82. The normalized spacial score (nSPS) is 24.1. The van der Waals surface area contributed by atoms with Gasteiger partial charge < -0.3 is 14.4 Å². The predicted octanol–water partition coefficient (Wildman–Crippen LogP) is 2.19. The molecule has 1 aromatic carbocycles. The largest absolute Gasteiger partial charge is 0.348 e. The Bertz CT molecular complexity index is 488. The van der Waals surface area contributed by atoms with Gasteiger partial charge in [0.1, 0.15) is 5.82 Å². The summed E-state index contributed by atoms with van der Waals surface area (Å²) in [4.78, 5) is 14.3. The first-order chi connectivity index (χ1) is 9.77. The van der Waals surface area contributed by atoms with Gasteiger partial charge in [-0.3, -0.25) is 4.79 Å². The van der Waals surface area contributed by atoms with Crippen molar-refractivity contribution in [2.45, 2.75) is 31.6 Å². The van der Waals surface area contributed by atoms with Crippen LogP contribution in [0.3, 0.4) is 0 Å². The monoisotopic (exact) mass is 279 g/mol. The number of carbonyl (C=O) groups is 1. The second-order valence-electron chi connectivity index (χ2n) is 5.15. The second-order valence-corrected chi connectivity index (χ2v) is 5.15. The van der Waals surface area contributed by atoms with Crippen LogP contribution in [0.25, 0.3) is 0 Å². The summed E-state index contributed by atoms with van der Waals surface area (Å²) in [5.74, 6) is -0.748. The zero-order chi connectivity index (χ0) is 13.9. The molecule has 5 heteroatoms. The molecule has 2 saturated heterocycles. The molecule has 1 aromatic rings. The molecule has 2 aliphatic rings. The molecule has 0 bridgehead atoms. The second kappa shape index (κ2) is 5.89. The van der Waals surface area contributed by atoms with Crippen molar-refractivity contribution in [2.24, 2.45) is 0 Å². The van der Waals surface area contributed by atoms with E-state index < -0.39 is 5.82 Å². The van der Waals surface area contributed by atoms with Crippen LogP contribution in [0.5, 0.6) is 0 Å². The zero-order valence-corrected chi connectivity index (χ0v) is 11.3. The molecule has 0 unspecified atom stereocenters. The highest BCUT2D eigenvalue weighted by molar-refractivity contribution is 5.94. The minimum atomic E-state index is -0.477. The van der Waals surface area contributed by atoms with Gasteiger partial charge in [0.05, 0.1) is 24.8 Å². The van der Waals surface area contributed by atoms with E-state index in [4.69, 9.17) is 9.47 Å². The number of ether oxygens (including phenoxy) is 2. The molecular formula is C15H18FNO3. The molecule has 0 N–H and O–H groups in total. The Morgan fingerprint density at radius 2 is 1.95 bits per heavy atom. The fourth-order valence-electron chi connectivity index (χ4n) is 2.88. The Kier molecular flexibility index (Phi) is 3.98. The van der Waals surface area contributed by atoms with Gasteiger partial charge in [0, 0.05) is 6.54 Å². The number of carbonyl (C=O) groups excluding carboxylic acids is 1. The van der Waals surface area contributed by atoms with E-state index in [2.05, 4.69) is 0 Å². The quantitative estimate of drug-likeness (QED) is 0.833. The van der Waals surface area contributed by atoms with E-state index in [0.717, 1.165) is 19.3 Å². The van der Waals surface area contributed by atoms with Gasteiger partial charge in [0.15, 0.2) is 6.29 Å². The van der Waals surface area contributed by atoms with Gasteiger partial charge in [-0.25, -0.2) is 4.39 Å². The maximum Gasteiger partial charge on any atom is 0.257 e. The lowest BCUT2D eigenvalue weighted by atomic mass is 10.00. The molecule has 0 radical (unpaired) electrons. The number of rotatable bonds is 2. The van der Waals surface area contributed by atoms with Crippen LogP contribution >= 0.6 is 0 Å². The molecule has 2 aliphatic heterocycles. The smallest absolute Gasteiger partial charge is 0.257 e. The first-order valence-electron chi connectivity index (χ1n) is 7.06. The molecule has 3 rings (SSSR count). The maximum absolute atomic E-state index is 13.8. The predicted molar refractivity (Wildman–Crippen MR) is 70.8 cm³/mol. The molecule has 2 fully saturated rings. The fourth-order valence-corrected chi connectivity index (χ4v) is 2.88. The van der Waals surface area contributed by atoms with Crippen molar-refractivity contribution in [3.8, 4) is 0 Å². The first kappa shape index (κ1) is 13.5. The molecule has 0 spiro atoms. The average Bonchev–Trinajstić information content (AvgIpc) is 3.01. The third-order valence-electron chi connectivity index (χ3n) is 3.88. The van der Waals surface area contributed by atoms with Crippen LogP contribution < -0.4 is 0 Å². The van der Waals surface area contributed by atoms with Crippen LogP contribution in [-0.2, 0) is 9.47 Å². The van der Waals surface area contributed by atoms with Gasteiger partial charge in [-0.1, -0.05) is 12.1 Å². The summed E-state index contributed by atoms with van der Waals surface area (Å²) >= 11 is 0. The highest BCUT2D eigenvalue weighted by atomic mass is 19.1. The summed E-state index contributed by atoms with van der Waals surface area (Å²) < 4.78 is 24.8. The number of piperidine rings is 1. The summed E-state index contributed by atoms with van der Waals surface area (Å²) in [6, 6.07) is 5.99. The summed E-state index contributed by atoms with van der Waals surface area (Å²) in [7, 11) is 0. The minimum absolute atomic E-state index is 0.113. The topological polar surface area (TPSA) is 38.8 Å². The fraction of sp³-hybridized carbons (Fsp3) is 0.533. The summed E-state index contributed by atoms with van der Waals surface area (Å²) in [5, 5.41) is 0. The molecule has 0 saturated carbocycles. The zero-order valence-electron chi connectivity index (χ0n) is 11.3. The summed E-state index contributed by atoms with van der Waals surface area (Å²) in [6.07, 6.45) is 2.44. The van der Waals surface area contributed by atoms with Crippen molar-refractivity contribution in [2.75, 3.05) is 19.8 Å². The van der Waals surface area contributed by atoms with Gasteiger partial charge in [-0.05, 0) is 31.4 Å². The van der Waals surface area contributed by atoms with Crippen LogP contribution in [0.1, 0.15) is 29.6 Å². The number of hydrogen-bond donors (Lipinski definition) is 0. The SMILES string of the molecule is O=C(c1ccccc1F)N1CCCC[C@@H]1C1OCCO1. The van der Waals surface area contributed by atoms with Crippen LogP contribution in [0.15, 0.2) is 24.3 Å². The third-order valence-corrected chi connectivity index (χ3v) is 3.88. The van der Waals surface area contributed by atoms with Crippen molar-refractivity contribution >= 4 is 5.91 Å². The molecule has 0 aromatic heterocycles. The number of amides is 1. The Morgan fingerprint density at radius 3 is 2.70 bits per heavy atom. The highest BCUT2D eigenvalue weighted by Crippen LogP contribution is 2.26. The van der Waals surface area contributed by atoms with Crippen LogP contribution in [0.2, 0.25) is 0 Å². The van der Waals surface area contributed by atoms with Crippen molar-refractivity contribution < 1.29 is 18.7 Å². The average molecular weight is 279 g/mol. The maximum atomic E-state index is 13.8. The van der Waals surface area contributed by atoms with E-state index in [1.807, 2.05) is 0 Å². The number of hydrogen-bond acceptors (Lipinski definition) is 3. The van der Waals surface area contributed by atoms with E-state index in [0.29, 0.717) is 19.8 Å².